The maximum absolute atomic E-state index is 13.0. The van der Waals surface area contributed by atoms with Crippen molar-refractivity contribution >= 4 is 32.7 Å². The summed E-state index contributed by atoms with van der Waals surface area (Å²) in [6, 6.07) is 8.16. The molecule has 1 aliphatic rings. The molecule has 140 valence electrons. The van der Waals surface area contributed by atoms with E-state index in [2.05, 4.69) is 25.2 Å². The Balaban J connectivity index is 1.46. The monoisotopic (exact) mass is 387 g/mol. The SMILES string of the molecule is O=C(Nc1ccncc1)C1CCN(S(=O)(=O)c2cccc3nonc23)CC1. The predicted molar refractivity (Wildman–Crippen MR) is 96.2 cm³/mol. The number of pyridine rings is 1. The van der Waals surface area contributed by atoms with Gasteiger partial charge in [-0.2, -0.15) is 4.31 Å². The maximum atomic E-state index is 13.0. The number of fused-ring (bicyclic) bond motifs is 1. The molecule has 1 saturated heterocycles. The van der Waals surface area contributed by atoms with Gasteiger partial charge < -0.3 is 5.32 Å². The Kier molecular flexibility index (Phi) is 4.58. The molecule has 1 fully saturated rings. The van der Waals surface area contributed by atoms with Crippen molar-refractivity contribution in [3.8, 4) is 0 Å². The Morgan fingerprint density at radius 2 is 1.85 bits per heavy atom. The summed E-state index contributed by atoms with van der Waals surface area (Å²) in [5.41, 5.74) is 1.29. The molecule has 0 spiro atoms. The van der Waals surface area contributed by atoms with Crippen LogP contribution >= 0.6 is 0 Å². The topological polar surface area (TPSA) is 118 Å². The summed E-state index contributed by atoms with van der Waals surface area (Å²) < 4.78 is 32.0. The van der Waals surface area contributed by atoms with Crippen LogP contribution in [0.4, 0.5) is 5.69 Å². The summed E-state index contributed by atoms with van der Waals surface area (Å²) >= 11 is 0. The fraction of sp³-hybridized carbons (Fsp3) is 0.294. The first-order valence-electron chi connectivity index (χ1n) is 8.48. The largest absolute Gasteiger partial charge is 0.326 e. The first-order chi connectivity index (χ1) is 13.1. The number of aromatic nitrogens is 3. The van der Waals surface area contributed by atoms with Gasteiger partial charge in [0.25, 0.3) is 0 Å². The lowest BCUT2D eigenvalue weighted by atomic mass is 9.97. The fourth-order valence-electron chi connectivity index (χ4n) is 3.17. The van der Waals surface area contributed by atoms with Crippen LogP contribution in [0.1, 0.15) is 12.8 Å². The lowest BCUT2D eigenvalue weighted by Crippen LogP contribution is -2.41. The molecule has 1 aliphatic heterocycles. The van der Waals surface area contributed by atoms with Crippen LogP contribution in [0.3, 0.4) is 0 Å². The van der Waals surface area contributed by atoms with Gasteiger partial charge in [-0.3, -0.25) is 9.78 Å². The molecule has 1 amide bonds. The molecule has 9 nitrogen and oxygen atoms in total. The molecule has 0 aliphatic carbocycles. The summed E-state index contributed by atoms with van der Waals surface area (Å²) in [7, 11) is -3.74. The lowest BCUT2D eigenvalue weighted by Gasteiger charge is -2.30. The van der Waals surface area contributed by atoms with E-state index in [1.54, 1.807) is 36.7 Å². The molecule has 0 bridgehead atoms. The van der Waals surface area contributed by atoms with E-state index in [1.165, 1.54) is 10.4 Å². The third-order valence-electron chi connectivity index (χ3n) is 4.64. The van der Waals surface area contributed by atoms with Gasteiger partial charge >= 0.3 is 0 Å². The Hall–Kier alpha value is -2.85. The molecule has 0 radical (unpaired) electrons. The van der Waals surface area contributed by atoms with Crippen molar-refractivity contribution in [3.05, 3.63) is 42.7 Å². The molecular formula is C17H17N5O4S. The van der Waals surface area contributed by atoms with Crippen molar-refractivity contribution in [1.29, 1.82) is 0 Å². The van der Waals surface area contributed by atoms with E-state index < -0.39 is 10.0 Å². The molecule has 1 N–H and O–H groups in total. The van der Waals surface area contributed by atoms with Gasteiger partial charge in [0, 0.05) is 37.1 Å². The van der Waals surface area contributed by atoms with Crippen LogP contribution in [-0.2, 0) is 14.8 Å². The van der Waals surface area contributed by atoms with Gasteiger partial charge in [-0.1, -0.05) is 6.07 Å². The second-order valence-corrected chi connectivity index (χ2v) is 8.20. The number of carbonyl (C=O) groups is 1. The smallest absolute Gasteiger partial charge is 0.245 e. The van der Waals surface area contributed by atoms with Crippen LogP contribution in [0.5, 0.6) is 0 Å². The van der Waals surface area contributed by atoms with Gasteiger partial charge in [0.1, 0.15) is 10.4 Å². The number of rotatable bonds is 4. The molecule has 1 aromatic carbocycles. The maximum Gasteiger partial charge on any atom is 0.245 e. The van der Waals surface area contributed by atoms with E-state index >= 15 is 0 Å². The summed E-state index contributed by atoms with van der Waals surface area (Å²) in [6.45, 7) is 0.525. The van der Waals surface area contributed by atoms with Gasteiger partial charge in [0.2, 0.25) is 15.9 Å². The van der Waals surface area contributed by atoms with Crippen molar-refractivity contribution in [3.63, 3.8) is 0 Å². The second kappa shape index (κ2) is 7.05. The molecule has 4 rings (SSSR count). The first kappa shape index (κ1) is 17.6. The number of benzene rings is 1. The Bertz CT molecular complexity index is 1060. The zero-order valence-electron chi connectivity index (χ0n) is 14.3. The van der Waals surface area contributed by atoms with Gasteiger partial charge in [-0.05, 0) is 47.4 Å². The summed E-state index contributed by atoms with van der Waals surface area (Å²) in [5.74, 6) is -0.352. The van der Waals surface area contributed by atoms with E-state index in [4.69, 9.17) is 0 Å². The Morgan fingerprint density at radius 3 is 2.59 bits per heavy atom. The zero-order valence-corrected chi connectivity index (χ0v) is 15.1. The molecule has 0 saturated carbocycles. The summed E-state index contributed by atoms with van der Waals surface area (Å²) in [6.07, 6.45) is 4.10. The predicted octanol–water partition coefficient (Wildman–Crippen LogP) is 1.66. The Morgan fingerprint density at radius 1 is 1.11 bits per heavy atom. The highest BCUT2D eigenvalue weighted by Crippen LogP contribution is 2.28. The van der Waals surface area contributed by atoms with Crippen molar-refractivity contribution in [2.45, 2.75) is 17.7 Å². The number of piperidine rings is 1. The van der Waals surface area contributed by atoms with E-state index in [1.807, 2.05) is 0 Å². The number of carbonyl (C=O) groups excluding carboxylic acids is 1. The molecule has 3 heterocycles. The molecule has 0 atom stereocenters. The molecular weight excluding hydrogens is 370 g/mol. The van der Waals surface area contributed by atoms with Crippen LogP contribution in [0, 0.1) is 5.92 Å². The zero-order chi connectivity index (χ0) is 18.9. The molecule has 2 aromatic heterocycles. The lowest BCUT2D eigenvalue weighted by molar-refractivity contribution is -0.120. The van der Waals surface area contributed by atoms with Crippen LogP contribution < -0.4 is 5.32 Å². The number of nitrogens with zero attached hydrogens (tertiary/aromatic N) is 4. The van der Waals surface area contributed by atoms with Gasteiger partial charge in [0.15, 0.2) is 5.52 Å². The van der Waals surface area contributed by atoms with Crippen LogP contribution in [0.2, 0.25) is 0 Å². The van der Waals surface area contributed by atoms with Crippen molar-refractivity contribution in [2.75, 3.05) is 18.4 Å². The average Bonchev–Trinajstić information content (AvgIpc) is 3.17. The first-order valence-corrected chi connectivity index (χ1v) is 9.92. The molecule has 27 heavy (non-hydrogen) atoms. The minimum atomic E-state index is -3.74. The van der Waals surface area contributed by atoms with E-state index in [9.17, 15) is 13.2 Å². The van der Waals surface area contributed by atoms with Crippen LogP contribution in [0.25, 0.3) is 11.0 Å². The Labute approximate surface area is 155 Å². The summed E-state index contributed by atoms with van der Waals surface area (Å²) in [5, 5.41) is 10.2. The highest BCUT2D eigenvalue weighted by atomic mass is 32.2. The van der Waals surface area contributed by atoms with E-state index in [0.29, 0.717) is 24.0 Å². The van der Waals surface area contributed by atoms with Crippen LogP contribution in [0.15, 0.2) is 52.3 Å². The second-order valence-electron chi connectivity index (χ2n) is 6.29. The number of anilines is 1. The quantitative estimate of drug-likeness (QED) is 0.723. The number of nitrogens with one attached hydrogen (secondary N) is 1. The number of sulfonamides is 1. The van der Waals surface area contributed by atoms with Crippen LogP contribution in [-0.4, -0.2) is 47.0 Å². The molecule has 0 unspecified atom stereocenters. The third-order valence-corrected chi connectivity index (χ3v) is 6.57. The highest BCUT2D eigenvalue weighted by Gasteiger charge is 2.33. The summed E-state index contributed by atoms with van der Waals surface area (Å²) in [4.78, 5) is 16.4. The third kappa shape index (κ3) is 3.40. The van der Waals surface area contributed by atoms with E-state index in [0.717, 1.165) is 0 Å². The van der Waals surface area contributed by atoms with E-state index in [-0.39, 0.29) is 35.3 Å². The minimum absolute atomic E-state index is 0.0703. The van der Waals surface area contributed by atoms with Crippen molar-refractivity contribution in [2.24, 2.45) is 5.92 Å². The average molecular weight is 387 g/mol. The number of hydrogen-bond donors (Lipinski definition) is 1. The van der Waals surface area contributed by atoms with Crippen molar-refractivity contribution in [1.82, 2.24) is 19.6 Å². The van der Waals surface area contributed by atoms with Gasteiger partial charge in [0.05, 0.1) is 0 Å². The van der Waals surface area contributed by atoms with Crippen molar-refractivity contribution < 1.29 is 17.8 Å². The fourth-order valence-corrected chi connectivity index (χ4v) is 4.77. The normalized spacial score (nSPS) is 16.4. The minimum Gasteiger partial charge on any atom is -0.326 e. The molecule has 3 aromatic rings. The van der Waals surface area contributed by atoms with Gasteiger partial charge in [-0.25, -0.2) is 13.0 Å². The standard InChI is InChI=1S/C17H17N5O4S/c23-17(19-13-4-8-18-9-5-13)12-6-10-22(11-7-12)27(24,25)15-3-1-2-14-16(15)21-26-20-14/h1-5,8-9,12H,6-7,10-11H2,(H,18,19,23). The number of amides is 1. The van der Waals surface area contributed by atoms with Gasteiger partial charge in [-0.15, -0.1) is 0 Å². The number of hydrogen-bond acceptors (Lipinski definition) is 7. The highest BCUT2D eigenvalue weighted by molar-refractivity contribution is 7.89. The molecule has 10 heteroatoms.